The Morgan fingerprint density at radius 1 is 0.476 bits per heavy atom. The van der Waals surface area contributed by atoms with Crippen molar-refractivity contribution in [2.75, 3.05) is 14.2 Å². The smallest absolute Gasteiger partial charge is 0.242 e. The van der Waals surface area contributed by atoms with Crippen LogP contribution in [0.25, 0.3) is 0 Å². The normalized spacial score (nSPS) is 8.00. The summed E-state index contributed by atoms with van der Waals surface area (Å²) in [5, 5.41) is 14.0. The third kappa shape index (κ3) is 45.9. The average Bonchev–Trinajstić information content (AvgIpc) is 2.54. The Hall–Kier alpha value is -1.78. The minimum atomic E-state index is -2.50. The summed E-state index contributed by atoms with van der Waals surface area (Å²) in [6.45, 7) is 1.71. The number of benzene rings is 2. The lowest BCUT2D eigenvalue weighted by Gasteiger charge is -1.94. The molecule has 4 heteroatoms. The SMILES string of the molecule is CC(C)(F)F.CO.CO.c1ccccc1.c1ccccc1. The lowest BCUT2D eigenvalue weighted by Crippen LogP contribution is -1.98. The van der Waals surface area contributed by atoms with Crippen molar-refractivity contribution in [2.24, 2.45) is 0 Å². The molecule has 0 bridgehead atoms. The molecule has 0 fully saturated rings. The molecule has 0 heterocycles. The van der Waals surface area contributed by atoms with Crippen molar-refractivity contribution in [2.45, 2.75) is 19.8 Å². The molecule has 120 valence electrons. The fourth-order valence-corrected chi connectivity index (χ4v) is 0.770. The molecule has 2 rings (SSSR count). The molecule has 2 aromatic carbocycles. The van der Waals surface area contributed by atoms with Crippen LogP contribution in [0.1, 0.15) is 13.8 Å². The predicted molar refractivity (Wildman–Crippen MR) is 85.5 cm³/mol. The van der Waals surface area contributed by atoms with Crippen molar-refractivity contribution in [1.82, 2.24) is 0 Å². The zero-order valence-corrected chi connectivity index (χ0v) is 13.1. The highest BCUT2D eigenvalue weighted by Crippen LogP contribution is 2.06. The van der Waals surface area contributed by atoms with E-state index in [1.807, 2.05) is 72.8 Å². The van der Waals surface area contributed by atoms with Crippen molar-refractivity contribution in [3.63, 3.8) is 0 Å². The maximum atomic E-state index is 11.0. The van der Waals surface area contributed by atoms with Crippen LogP contribution in [0.5, 0.6) is 0 Å². The molecule has 0 radical (unpaired) electrons. The van der Waals surface area contributed by atoms with Crippen LogP contribution in [0.2, 0.25) is 0 Å². The molecule has 0 spiro atoms. The topological polar surface area (TPSA) is 40.5 Å². The maximum Gasteiger partial charge on any atom is 0.242 e. The zero-order valence-electron chi connectivity index (χ0n) is 13.1. The molecule has 0 unspecified atom stereocenters. The second-order valence-corrected chi connectivity index (χ2v) is 3.64. The monoisotopic (exact) mass is 300 g/mol. The molecule has 0 aliphatic rings. The quantitative estimate of drug-likeness (QED) is 0.763. The first-order valence-corrected chi connectivity index (χ1v) is 6.27. The molecule has 0 aliphatic heterocycles. The van der Waals surface area contributed by atoms with Gasteiger partial charge in [0.05, 0.1) is 0 Å². The first-order valence-electron chi connectivity index (χ1n) is 6.27. The van der Waals surface area contributed by atoms with E-state index < -0.39 is 5.92 Å². The standard InChI is InChI=1S/2C6H6.C3H6F2.2CH4O/c2*1-2-4-6-5-3-1;1-3(2,4)5;2*1-2/h2*1-6H;1-2H3;2*2H,1H3. The summed E-state index contributed by atoms with van der Waals surface area (Å²) < 4.78 is 22.0. The van der Waals surface area contributed by atoms with E-state index in [-0.39, 0.29) is 0 Å². The number of halogens is 2. The fraction of sp³-hybridized carbons (Fsp3) is 0.294. The first-order chi connectivity index (χ1) is 10.0. The number of hydrogen-bond acceptors (Lipinski definition) is 2. The third-order valence-electron chi connectivity index (χ3n) is 1.33. The summed E-state index contributed by atoms with van der Waals surface area (Å²) in [4.78, 5) is 0. The van der Waals surface area contributed by atoms with Gasteiger partial charge in [0.1, 0.15) is 0 Å². The maximum absolute atomic E-state index is 11.0. The Balaban J connectivity index is -0.000000208. The second-order valence-electron chi connectivity index (χ2n) is 3.64. The molecule has 0 saturated heterocycles. The van der Waals surface area contributed by atoms with E-state index in [1.165, 1.54) is 0 Å². The minimum absolute atomic E-state index is 0.854. The van der Waals surface area contributed by atoms with Crippen LogP contribution in [0.15, 0.2) is 72.8 Å². The van der Waals surface area contributed by atoms with Crippen LogP contribution in [0.4, 0.5) is 8.78 Å². The lowest BCUT2D eigenvalue weighted by molar-refractivity contribution is 0.0437. The van der Waals surface area contributed by atoms with Crippen LogP contribution in [-0.2, 0) is 0 Å². The fourth-order valence-electron chi connectivity index (χ4n) is 0.770. The van der Waals surface area contributed by atoms with Gasteiger partial charge in [0.15, 0.2) is 0 Å². The van der Waals surface area contributed by atoms with E-state index in [4.69, 9.17) is 10.2 Å². The van der Waals surface area contributed by atoms with Gasteiger partial charge in [-0.2, -0.15) is 0 Å². The van der Waals surface area contributed by atoms with E-state index in [1.54, 1.807) is 0 Å². The van der Waals surface area contributed by atoms with Crippen LogP contribution in [0, 0.1) is 0 Å². The van der Waals surface area contributed by atoms with Crippen molar-refractivity contribution in [3.05, 3.63) is 72.8 Å². The molecule has 2 nitrogen and oxygen atoms in total. The molecule has 2 N–H and O–H groups in total. The highest BCUT2D eigenvalue weighted by molar-refractivity contribution is 4.99. The lowest BCUT2D eigenvalue weighted by atomic mass is 10.4. The van der Waals surface area contributed by atoms with Gasteiger partial charge in [-0.1, -0.05) is 72.8 Å². The summed E-state index contributed by atoms with van der Waals surface area (Å²) in [6.07, 6.45) is 0. The molecular weight excluding hydrogens is 274 g/mol. The van der Waals surface area contributed by atoms with Gasteiger partial charge in [-0.3, -0.25) is 0 Å². The van der Waals surface area contributed by atoms with Crippen LogP contribution in [-0.4, -0.2) is 30.4 Å². The number of hydrogen-bond donors (Lipinski definition) is 2. The van der Waals surface area contributed by atoms with E-state index in [2.05, 4.69) is 0 Å². The van der Waals surface area contributed by atoms with Gasteiger partial charge >= 0.3 is 0 Å². The van der Waals surface area contributed by atoms with Crippen LogP contribution >= 0.6 is 0 Å². The predicted octanol–water partition coefficient (Wildman–Crippen LogP) is 4.25. The summed E-state index contributed by atoms with van der Waals surface area (Å²) in [5.74, 6) is -2.50. The summed E-state index contributed by atoms with van der Waals surface area (Å²) in [5.41, 5.74) is 0. The summed E-state index contributed by atoms with van der Waals surface area (Å²) >= 11 is 0. The van der Waals surface area contributed by atoms with Gasteiger partial charge in [0.2, 0.25) is 5.92 Å². The van der Waals surface area contributed by atoms with Crippen molar-refractivity contribution in [1.29, 1.82) is 0 Å². The first kappa shape index (κ1) is 24.3. The van der Waals surface area contributed by atoms with Crippen molar-refractivity contribution < 1.29 is 19.0 Å². The number of aliphatic hydroxyl groups is 2. The van der Waals surface area contributed by atoms with Crippen LogP contribution < -0.4 is 0 Å². The molecule has 0 amide bonds. The van der Waals surface area contributed by atoms with Gasteiger partial charge < -0.3 is 10.2 Å². The molecule has 21 heavy (non-hydrogen) atoms. The van der Waals surface area contributed by atoms with Gasteiger partial charge in [-0.05, 0) is 13.8 Å². The zero-order chi connectivity index (χ0) is 17.0. The molecule has 2 aromatic rings. The molecule has 0 saturated carbocycles. The number of rotatable bonds is 0. The Kier molecular flexibility index (Phi) is 23.7. The van der Waals surface area contributed by atoms with E-state index in [0.717, 1.165) is 28.1 Å². The van der Waals surface area contributed by atoms with Crippen molar-refractivity contribution >= 4 is 0 Å². The minimum Gasteiger partial charge on any atom is -0.400 e. The van der Waals surface area contributed by atoms with E-state index in [9.17, 15) is 8.78 Å². The highest BCUT2D eigenvalue weighted by Gasteiger charge is 2.08. The summed E-state index contributed by atoms with van der Waals surface area (Å²) in [7, 11) is 2.00. The molecule has 0 aromatic heterocycles. The van der Waals surface area contributed by atoms with E-state index in [0.29, 0.717) is 0 Å². The molecule has 0 atom stereocenters. The van der Waals surface area contributed by atoms with Gasteiger partial charge in [-0.25, -0.2) is 8.78 Å². The van der Waals surface area contributed by atoms with Crippen molar-refractivity contribution in [3.8, 4) is 0 Å². The van der Waals surface area contributed by atoms with Gasteiger partial charge in [-0.15, -0.1) is 0 Å². The molecular formula is C17H26F2O2. The third-order valence-corrected chi connectivity index (χ3v) is 1.33. The Bertz CT molecular complexity index is 257. The Morgan fingerprint density at radius 3 is 0.571 bits per heavy atom. The highest BCUT2D eigenvalue weighted by atomic mass is 19.3. The Labute approximate surface area is 126 Å². The van der Waals surface area contributed by atoms with Gasteiger partial charge in [0, 0.05) is 14.2 Å². The van der Waals surface area contributed by atoms with Gasteiger partial charge in [0.25, 0.3) is 0 Å². The largest absolute Gasteiger partial charge is 0.400 e. The Morgan fingerprint density at radius 2 is 0.524 bits per heavy atom. The van der Waals surface area contributed by atoms with E-state index >= 15 is 0 Å². The number of aliphatic hydroxyl groups excluding tert-OH is 2. The van der Waals surface area contributed by atoms with Crippen LogP contribution in [0.3, 0.4) is 0 Å². The molecule has 0 aliphatic carbocycles. The number of alkyl halides is 2. The second kappa shape index (κ2) is 20.5. The summed E-state index contributed by atoms with van der Waals surface area (Å²) in [6, 6.07) is 24.0. The average molecular weight is 300 g/mol.